The second-order valence-electron chi connectivity index (χ2n) is 5.82. The second kappa shape index (κ2) is 5.44. The van der Waals surface area contributed by atoms with E-state index >= 15 is 0 Å². The molecule has 4 N–H and O–H groups in total. The summed E-state index contributed by atoms with van der Waals surface area (Å²) >= 11 is 0. The fourth-order valence-corrected chi connectivity index (χ4v) is 3.17. The lowest BCUT2D eigenvalue weighted by molar-refractivity contribution is 0.100. The highest BCUT2D eigenvalue weighted by molar-refractivity contribution is 8.45. The number of rotatable bonds is 3. The smallest absolute Gasteiger partial charge is 0.310 e. The fraction of sp³-hybridized carbons (Fsp3) is 0.125. The predicted molar refractivity (Wildman–Crippen MR) is 92.9 cm³/mol. The van der Waals surface area contributed by atoms with Crippen LogP contribution in [0.25, 0.3) is 11.1 Å². The van der Waals surface area contributed by atoms with Crippen LogP contribution in [0, 0.1) is 13.8 Å². The summed E-state index contributed by atoms with van der Waals surface area (Å²) in [4.78, 5) is 13.3. The van der Waals surface area contributed by atoms with Gasteiger partial charge in [0.25, 0.3) is 5.91 Å². The van der Waals surface area contributed by atoms with Crippen molar-refractivity contribution in [3.63, 3.8) is 0 Å². The van der Waals surface area contributed by atoms with Crippen LogP contribution in [-0.2, 0) is 0 Å². The number of amides is 1. The zero-order valence-corrected chi connectivity index (χ0v) is 14.6. The number of hydrogen-bond donors (Lipinski definition) is 2. The van der Waals surface area contributed by atoms with E-state index in [1.807, 2.05) is 0 Å². The molecular weight excluding hydrogens is 377 g/mol. The summed E-state index contributed by atoms with van der Waals surface area (Å²) < 4.78 is 64.5. The van der Waals surface area contributed by atoms with E-state index in [2.05, 4.69) is 4.99 Å². The number of benzene rings is 2. The van der Waals surface area contributed by atoms with Gasteiger partial charge in [-0.25, -0.2) is 0 Å². The molecular formula is C16H16F5N3OS. The van der Waals surface area contributed by atoms with Gasteiger partial charge in [0.1, 0.15) is 4.90 Å². The zero-order valence-electron chi connectivity index (χ0n) is 13.8. The average Bonchev–Trinajstić information content (AvgIpc) is 2.43. The Morgan fingerprint density at radius 1 is 0.923 bits per heavy atom. The second-order valence-corrected chi connectivity index (χ2v) is 8.23. The van der Waals surface area contributed by atoms with Gasteiger partial charge in [0.15, 0.2) is 5.96 Å². The van der Waals surface area contributed by atoms with Crippen LogP contribution in [0.15, 0.2) is 46.3 Å². The summed E-state index contributed by atoms with van der Waals surface area (Å²) in [6.45, 7) is 2.90. The van der Waals surface area contributed by atoms with E-state index < -0.39 is 27.0 Å². The monoisotopic (exact) mass is 393 g/mol. The van der Waals surface area contributed by atoms with Gasteiger partial charge in [-0.2, -0.15) is 4.99 Å². The Kier molecular flexibility index (Phi) is 4.12. The van der Waals surface area contributed by atoms with Gasteiger partial charge < -0.3 is 11.5 Å². The number of carbonyl (C=O) groups excluding carboxylic acids is 1. The molecule has 0 radical (unpaired) electrons. The molecule has 0 spiro atoms. The molecule has 0 unspecified atom stereocenters. The summed E-state index contributed by atoms with van der Waals surface area (Å²) in [5.41, 5.74) is 11.8. The van der Waals surface area contributed by atoms with Gasteiger partial charge >= 0.3 is 10.2 Å². The SMILES string of the molecule is Cc1cc(-c2ccc(S(F)(F)(F)(F)F)cc2C)ccc1C(=O)N=C(N)N. The third-order valence-corrected chi connectivity index (χ3v) is 4.79. The molecule has 2 rings (SSSR count). The van der Waals surface area contributed by atoms with Gasteiger partial charge in [0.05, 0.1) is 0 Å². The molecule has 0 aliphatic carbocycles. The van der Waals surface area contributed by atoms with E-state index in [1.54, 1.807) is 6.92 Å². The summed E-state index contributed by atoms with van der Waals surface area (Å²) in [6, 6.07) is 6.19. The lowest BCUT2D eigenvalue weighted by Gasteiger charge is -2.40. The molecule has 142 valence electrons. The van der Waals surface area contributed by atoms with Gasteiger partial charge in [-0.1, -0.05) is 37.6 Å². The normalized spacial score (nSPS) is 14.3. The van der Waals surface area contributed by atoms with Crippen molar-refractivity contribution in [1.29, 1.82) is 0 Å². The molecule has 2 aromatic carbocycles. The third-order valence-electron chi connectivity index (χ3n) is 3.64. The van der Waals surface area contributed by atoms with Crippen LogP contribution < -0.4 is 11.5 Å². The number of nitrogens with two attached hydrogens (primary N) is 2. The maximum absolute atomic E-state index is 12.9. The van der Waals surface area contributed by atoms with Crippen LogP contribution in [0.3, 0.4) is 0 Å². The Morgan fingerprint density at radius 3 is 2.00 bits per heavy atom. The molecule has 0 aliphatic rings. The zero-order chi connectivity index (χ0) is 20.0. The number of aliphatic imine (C=N–C) groups is 1. The first kappa shape index (κ1) is 19.7. The largest absolute Gasteiger partial charge is 0.370 e. The van der Waals surface area contributed by atoms with Gasteiger partial charge in [-0.3, -0.25) is 4.79 Å². The van der Waals surface area contributed by atoms with E-state index in [9.17, 15) is 24.2 Å². The highest BCUT2D eigenvalue weighted by Gasteiger charge is 2.65. The highest BCUT2D eigenvalue weighted by Crippen LogP contribution is 3.02. The number of guanidine groups is 1. The van der Waals surface area contributed by atoms with Crippen molar-refractivity contribution in [2.45, 2.75) is 18.7 Å². The third kappa shape index (κ3) is 4.31. The molecule has 26 heavy (non-hydrogen) atoms. The minimum Gasteiger partial charge on any atom is -0.370 e. The Morgan fingerprint density at radius 2 is 1.54 bits per heavy atom. The molecule has 2 aromatic rings. The average molecular weight is 393 g/mol. The Bertz CT molecular complexity index is 936. The molecule has 0 aliphatic heterocycles. The first-order chi connectivity index (χ1) is 11.6. The van der Waals surface area contributed by atoms with Crippen LogP contribution in [-0.4, -0.2) is 11.9 Å². The topological polar surface area (TPSA) is 81.5 Å². The van der Waals surface area contributed by atoms with Crippen LogP contribution >= 0.6 is 10.2 Å². The van der Waals surface area contributed by atoms with Crippen molar-refractivity contribution in [1.82, 2.24) is 0 Å². The molecule has 0 atom stereocenters. The predicted octanol–water partition coefficient (Wildman–Crippen LogP) is 5.04. The van der Waals surface area contributed by atoms with Gasteiger partial charge in [-0.05, 0) is 54.3 Å². The quantitative estimate of drug-likeness (QED) is 0.435. The number of hydrogen-bond acceptors (Lipinski definition) is 1. The molecule has 0 aromatic heterocycles. The van der Waals surface area contributed by atoms with Crippen molar-refractivity contribution in [2.75, 3.05) is 0 Å². The standard InChI is InChI=1S/C16H16F5N3OS/c1-9-7-11(3-5-14(9)15(25)24-16(22)23)13-6-4-12(8-10(13)2)26(17,18,19,20)21/h3-8H,1-2H3,(H4,22,23,24,25). The molecule has 0 saturated heterocycles. The summed E-state index contributed by atoms with van der Waals surface area (Å²) in [5, 5.41) is 0. The van der Waals surface area contributed by atoms with E-state index in [0.29, 0.717) is 28.8 Å². The first-order valence-electron chi connectivity index (χ1n) is 7.18. The summed E-state index contributed by atoms with van der Waals surface area (Å²) in [7, 11) is -9.73. The van der Waals surface area contributed by atoms with E-state index in [-0.39, 0.29) is 11.1 Å². The maximum Gasteiger partial charge on any atom is 0.310 e. The number of nitrogens with zero attached hydrogens (tertiary/aromatic N) is 1. The van der Waals surface area contributed by atoms with Crippen LogP contribution in [0.4, 0.5) is 19.4 Å². The number of halogens is 5. The van der Waals surface area contributed by atoms with E-state index in [1.165, 1.54) is 25.1 Å². The van der Waals surface area contributed by atoms with Crippen molar-refractivity contribution >= 4 is 22.1 Å². The van der Waals surface area contributed by atoms with Crippen molar-refractivity contribution < 1.29 is 24.2 Å². The molecule has 0 fully saturated rings. The van der Waals surface area contributed by atoms with Crippen LogP contribution in [0.1, 0.15) is 21.5 Å². The minimum atomic E-state index is -9.73. The van der Waals surface area contributed by atoms with Crippen LogP contribution in [0.5, 0.6) is 0 Å². The van der Waals surface area contributed by atoms with Gasteiger partial charge in [0.2, 0.25) is 0 Å². The molecule has 4 nitrogen and oxygen atoms in total. The van der Waals surface area contributed by atoms with Crippen molar-refractivity contribution in [3.05, 3.63) is 53.1 Å². The van der Waals surface area contributed by atoms with Crippen LogP contribution in [0.2, 0.25) is 0 Å². The van der Waals surface area contributed by atoms with Crippen molar-refractivity contribution in [2.24, 2.45) is 16.5 Å². The molecule has 0 heterocycles. The lowest BCUT2D eigenvalue weighted by Crippen LogP contribution is -2.24. The Balaban J connectivity index is 2.50. The van der Waals surface area contributed by atoms with Crippen molar-refractivity contribution in [3.8, 4) is 11.1 Å². The Hall–Kier alpha value is -2.62. The lowest BCUT2D eigenvalue weighted by atomic mass is 9.96. The Labute approximate surface area is 146 Å². The first-order valence-corrected chi connectivity index (χ1v) is 9.13. The summed E-state index contributed by atoms with van der Waals surface area (Å²) in [5.74, 6) is -1.07. The maximum atomic E-state index is 12.9. The molecule has 10 heteroatoms. The highest BCUT2D eigenvalue weighted by atomic mass is 32.5. The van der Waals surface area contributed by atoms with E-state index in [4.69, 9.17) is 11.5 Å². The molecule has 1 amide bonds. The minimum absolute atomic E-state index is 0.0263. The van der Waals surface area contributed by atoms with E-state index in [0.717, 1.165) is 6.07 Å². The summed E-state index contributed by atoms with van der Waals surface area (Å²) in [6.07, 6.45) is 0. The number of carbonyl (C=O) groups is 1. The number of aryl methyl sites for hydroxylation is 2. The van der Waals surface area contributed by atoms with Gasteiger partial charge in [0, 0.05) is 5.56 Å². The van der Waals surface area contributed by atoms with Gasteiger partial charge in [-0.15, -0.1) is 0 Å². The molecule has 0 bridgehead atoms. The fourth-order valence-electron chi connectivity index (χ4n) is 2.45. The molecule has 0 saturated carbocycles.